The van der Waals surface area contributed by atoms with Gasteiger partial charge >= 0.3 is 6.03 Å². The van der Waals surface area contributed by atoms with E-state index in [1.165, 1.54) is 37.4 Å². The van der Waals surface area contributed by atoms with Gasteiger partial charge in [0.25, 0.3) is 5.91 Å². The lowest BCUT2D eigenvalue weighted by molar-refractivity contribution is 0.0964. The Bertz CT molecular complexity index is 722. The fourth-order valence-corrected chi connectivity index (χ4v) is 1.98. The third-order valence-electron chi connectivity index (χ3n) is 2.78. The smallest absolute Gasteiger partial charge is 0.323 e. The molecule has 0 saturated heterocycles. The lowest BCUT2D eigenvalue weighted by atomic mass is 10.1. The third-order valence-corrected chi connectivity index (χ3v) is 3.02. The van der Waals surface area contributed by atoms with E-state index >= 15 is 0 Å². The van der Waals surface area contributed by atoms with E-state index in [0.717, 1.165) is 0 Å². The molecule has 0 aliphatic carbocycles. The number of benzene rings is 2. The van der Waals surface area contributed by atoms with Crippen LogP contribution in [0.15, 0.2) is 42.5 Å². The first-order valence-corrected chi connectivity index (χ1v) is 6.72. The maximum absolute atomic E-state index is 13.1. The average molecular weight is 322 g/mol. The van der Waals surface area contributed by atoms with Crippen LogP contribution in [0.2, 0.25) is 5.02 Å². The lowest BCUT2D eigenvalue weighted by Gasteiger charge is -2.11. The van der Waals surface area contributed by atoms with E-state index in [2.05, 4.69) is 16.0 Å². The van der Waals surface area contributed by atoms with Gasteiger partial charge in [0.05, 0.1) is 11.3 Å². The zero-order valence-corrected chi connectivity index (χ0v) is 12.4. The van der Waals surface area contributed by atoms with Gasteiger partial charge in [-0.2, -0.15) is 0 Å². The molecule has 3 N–H and O–H groups in total. The largest absolute Gasteiger partial charge is 0.355 e. The summed E-state index contributed by atoms with van der Waals surface area (Å²) in [5, 5.41) is 7.82. The number of amides is 3. The van der Waals surface area contributed by atoms with Crippen LogP contribution in [0.25, 0.3) is 0 Å². The Morgan fingerprint density at radius 2 is 1.86 bits per heavy atom. The number of nitrogens with one attached hydrogen (secondary N) is 3. The van der Waals surface area contributed by atoms with E-state index in [-0.39, 0.29) is 17.2 Å². The van der Waals surface area contributed by atoms with Gasteiger partial charge in [-0.25, -0.2) is 9.18 Å². The first kappa shape index (κ1) is 15.8. The second-order valence-corrected chi connectivity index (χ2v) is 4.79. The van der Waals surface area contributed by atoms with Gasteiger partial charge in [0.2, 0.25) is 0 Å². The summed E-state index contributed by atoms with van der Waals surface area (Å²) in [5.74, 6) is -0.829. The molecule has 2 aromatic rings. The molecule has 0 aliphatic rings. The van der Waals surface area contributed by atoms with E-state index in [0.29, 0.717) is 10.7 Å². The van der Waals surface area contributed by atoms with Gasteiger partial charge in [0.15, 0.2) is 0 Å². The maximum atomic E-state index is 13.1. The first-order chi connectivity index (χ1) is 10.5. The predicted octanol–water partition coefficient (Wildman–Crippen LogP) is 3.48. The molecule has 3 amide bonds. The van der Waals surface area contributed by atoms with Gasteiger partial charge in [-0.3, -0.25) is 4.79 Å². The highest BCUT2D eigenvalue weighted by atomic mass is 35.5. The molecule has 2 aromatic carbocycles. The van der Waals surface area contributed by atoms with Crippen molar-refractivity contribution < 1.29 is 14.0 Å². The Labute approximate surface area is 131 Å². The van der Waals surface area contributed by atoms with Crippen LogP contribution in [0.4, 0.5) is 20.6 Å². The second-order valence-electron chi connectivity index (χ2n) is 4.36. The van der Waals surface area contributed by atoms with Crippen LogP contribution in [0.5, 0.6) is 0 Å². The van der Waals surface area contributed by atoms with Gasteiger partial charge in [-0.15, -0.1) is 0 Å². The normalized spacial score (nSPS) is 9.95. The van der Waals surface area contributed by atoms with E-state index in [1.54, 1.807) is 12.1 Å². The lowest BCUT2D eigenvalue weighted by Crippen LogP contribution is -2.24. The summed E-state index contributed by atoms with van der Waals surface area (Å²) in [6, 6.07) is 9.34. The highest BCUT2D eigenvalue weighted by Gasteiger charge is 2.13. The van der Waals surface area contributed by atoms with Crippen molar-refractivity contribution in [3.8, 4) is 0 Å². The minimum absolute atomic E-state index is 0.251. The first-order valence-electron chi connectivity index (χ1n) is 6.35. The molecular formula is C15H13ClFN3O2. The van der Waals surface area contributed by atoms with E-state index < -0.39 is 11.8 Å². The molecule has 0 unspecified atom stereocenters. The second kappa shape index (κ2) is 6.91. The molecule has 0 spiro atoms. The van der Waals surface area contributed by atoms with Crippen molar-refractivity contribution >= 4 is 34.9 Å². The molecular weight excluding hydrogens is 309 g/mol. The molecule has 0 atom stereocenters. The van der Waals surface area contributed by atoms with E-state index in [4.69, 9.17) is 11.6 Å². The summed E-state index contributed by atoms with van der Waals surface area (Å²) in [6.45, 7) is 0. The van der Waals surface area contributed by atoms with Crippen LogP contribution in [0.3, 0.4) is 0 Å². The number of hydrogen-bond acceptors (Lipinski definition) is 2. The molecule has 0 aromatic heterocycles. The average Bonchev–Trinajstić information content (AvgIpc) is 2.46. The third kappa shape index (κ3) is 3.95. The minimum Gasteiger partial charge on any atom is -0.355 e. The Hall–Kier alpha value is -2.60. The van der Waals surface area contributed by atoms with Crippen molar-refractivity contribution in [2.24, 2.45) is 0 Å². The molecule has 5 nitrogen and oxygen atoms in total. The number of urea groups is 1. The van der Waals surface area contributed by atoms with Gasteiger partial charge < -0.3 is 16.0 Å². The molecule has 0 heterocycles. The van der Waals surface area contributed by atoms with Crippen LogP contribution < -0.4 is 16.0 Å². The molecule has 0 aliphatic heterocycles. The zero-order valence-electron chi connectivity index (χ0n) is 11.6. The summed E-state index contributed by atoms with van der Waals surface area (Å²) in [6.07, 6.45) is 0. The Morgan fingerprint density at radius 1 is 1.09 bits per heavy atom. The highest BCUT2D eigenvalue weighted by Crippen LogP contribution is 2.21. The van der Waals surface area contributed by atoms with Crippen LogP contribution >= 0.6 is 11.6 Å². The summed E-state index contributed by atoms with van der Waals surface area (Å²) in [5.41, 5.74) is 0.808. The Morgan fingerprint density at radius 3 is 2.55 bits per heavy atom. The zero-order chi connectivity index (χ0) is 16.1. The minimum atomic E-state index is -0.613. The fourth-order valence-electron chi connectivity index (χ4n) is 1.80. The van der Waals surface area contributed by atoms with Crippen molar-refractivity contribution in [3.63, 3.8) is 0 Å². The highest BCUT2D eigenvalue weighted by molar-refractivity contribution is 6.31. The number of anilines is 2. The van der Waals surface area contributed by atoms with Gasteiger partial charge in [-0.05, 0) is 36.4 Å². The molecule has 7 heteroatoms. The monoisotopic (exact) mass is 321 g/mol. The number of rotatable bonds is 3. The van der Waals surface area contributed by atoms with Crippen molar-refractivity contribution in [1.29, 1.82) is 0 Å². The van der Waals surface area contributed by atoms with E-state index in [1.807, 2.05) is 0 Å². The molecule has 0 fully saturated rings. The SMILES string of the molecule is CNC(=O)c1ccc(Cl)cc1NC(=O)Nc1cccc(F)c1. The van der Waals surface area contributed by atoms with Crippen LogP contribution in [0.1, 0.15) is 10.4 Å². The molecule has 0 bridgehead atoms. The molecule has 0 saturated carbocycles. The van der Waals surface area contributed by atoms with Gasteiger partial charge in [0.1, 0.15) is 5.82 Å². The summed E-state index contributed by atoms with van der Waals surface area (Å²) >= 11 is 5.88. The maximum Gasteiger partial charge on any atom is 0.323 e. The van der Waals surface area contributed by atoms with E-state index in [9.17, 15) is 14.0 Å². The standard InChI is InChI=1S/C15H13ClFN3O2/c1-18-14(21)12-6-5-9(16)7-13(12)20-15(22)19-11-4-2-3-10(17)8-11/h2-8H,1H3,(H,18,21)(H2,19,20,22). The van der Waals surface area contributed by atoms with Gasteiger partial charge in [-0.1, -0.05) is 17.7 Å². The van der Waals surface area contributed by atoms with Crippen molar-refractivity contribution in [2.45, 2.75) is 0 Å². The topological polar surface area (TPSA) is 70.2 Å². The Balaban J connectivity index is 2.17. The van der Waals surface area contributed by atoms with Crippen LogP contribution in [-0.4, -0.2) is 19.0 Å². The molecule has 2 rings (SSSR count). The number of carbonyl (C=O) groups excluding carboxylic acids is 2. The predicted molar refractivity (Wildman–Crippen MR) is 83.9 cm³/mol. The molecule has 114 valence electrons. The summed E-state index contributed by atoms with van der Waals surface area (Å²) in [7, 11) is 1.48. The Kier molecular flexibility index (Phi) is 4.95. The van der Waals surface area contributed by atoms with Crippen LogP contribution in [-0.2, 0) is 0 Å². The summed E-state index contributed by atoms with van der Waals surface area (Å²) in [4.78, 5) is 23.7. The number of halogens is 2. The quantitative estimate of drug-likeness (QED) is 0.810. The molecule has 22 heavy (non-hydrogen) atoms. The molecule has 0 radical (unpaired) electrons. The van der Waals surface area contributed by atoms with Gasteiger partial charge in [0, 0.05) is 17.8 Å². The van der Waals surface area contributed by atoms with Crippen molar-refractivity contribution in [2.75, 3.05) is 17.7 Å². The fraction of sp³-hybridized carbons (Fsp3) is 0.0667. The van der Waals surface area contributed by atoms with Crippen molar-refractivity contribution in [1.82, 2.24) is 5.32 Å². The summed E-state index contributed by atoms with van der Waals surface area (Å²) < 4.78 is 13.1. The van der Waals surface area contributed by atoms with Crippen molar-refractivity contribution in [3.05, 3.63) is 58.9 Å². The number of carbonyl (C=O) groups is 2. The number of hydrogen-bond donors (Lipinski definition) is 3. The van der Waals surface area contributed by atoms with Crippen LogP contribution in [0, 0.1) is 5.82 Å².